The van der Waals surface area contributed by atoms with Crippen LogP contribution in [0.3, 0.4) is 0 Å². The van der Waals surface area contributed by atoms with Gasteiger partial charge in [0, 0.05) is 5.69 Å². The van der Waals surface area contributed by atoms with Crippen molar-refractivity contribution in [3.8, 4) is 5.75 Å². The molecule has 1 aliphatic rings. The smallest absolute Gasteiger partial charge is 0.294 e. The molecule has 1 heterocycles. The normalized spacial score (nSPS) is 15.3. The lowest BCUT2D eigenvalue weighted by molar-refractivity contribution is -0.127. The van der Waals surface area contributed by atoms with Crippen LogP contribution in [0.15, 0.2) is 53.4 Å². The molecule has 1 fully saturated rings. The van der Waals surface area contributed by atoms with Gasteiger partial charge in [0.15, 0.2) is 0 Å². The fraction of sp³-hybridized carbons (Fsp3) is 0.150. The Balaban J connectivity index is 1.65. The van der Waals surface area contributed by atoms with Crippen LogP contribution >= 0.6 is 11.8 Å². The molecule has 3 amide bonds. The number of carbonyl (C=O) groups excluding carboxylic acids is 3. The van der Waals surface area contributed by atoms with Gasteiger partial charge in [0.25, 0.3) is 11.1 Å². The van der Waals surface area contributed by atoms with Gasteiger partial charge in [-0.15, -0.1) is 0 Å². The molecule has 1 saturated heterocycles. The molecule has 2 aromatic rings. The Morgan fingerprint density at radius 3 is 2.41 bits per heavy atom. The lowest BCUT2D eigenvalue weighted by atomic mass is 10.1. The van der Waals surface area contributed by atoms with E-state index in [0.717, 1.165) is 27.8 Å². The van der Waals surface area contributed by atoms with Crippen LogP contribution in [0.4, 0.5) is 10.5 Å². The van der Waals surface area contributed by atoms with Crippen LogP contribution in [0, 0.1) is 6.92 Å². The third-order valence-electron chi connectivity index (χ3n) is 3.92. The number of amides is 3. The Morgan fingerprint density at radius 2 is 1.78 bits per heavy atom. The first-order chi connectivity index (χ1) is 13.0. The van der Waals surface area contributed by atoms with Crippen LogP contribution in [-0.4, -0.2) is 35.6 Å². The molecule has 3 rings (SSSR count). The van der Waals surface area contributed by atoms with Gasteiger partial charge in [0.1, 0.15) is 12.3 Å². The fourth-order valence-corrected chi connectivity index (χ4v) is 3.31. The van der Waals surface area contributed by atoms with E-state index in [1.807, 2.05) is 31.2 Å². The number of ether oxygens (including phenoxy) is 1. The molecule has 6 nitrogen and oxygen atoms in total. The Kier molecular flexibility index (Phi) is 5.61. The highest BCUT2D eigenvalue weighted by Gasteiger charge is 2.36. The first-order valence-electron chi connectivity index (χ1n) is 8.22. The second kappa shape index (κ2) is 8.09. The third kappa shape index (κ3) is 4.57. The third-order valence-corrected chi connectivity index (χ3v) is 4.83. The largest absolute Gasteiger partial charge is 0.497 e. The van der Waals surface area contributed by atoms with Crippen LogP contribution < -0.4 is 10.1 Å². The summed E-state index contributed by atoms with van der Waals surface area (Å²) in [6.45, 7) is 1.64. The monoisotopic (exact) mass is 382 g/mol. The number of rotatable bonds is 5. The van der Waals surface area contributed by atoms with Gasteiger partial charge >= 0.3 is 0 Å². The zero-order valence-corrected chi connectivity index (χ0v) is 15.7. The average molecular weight is 382 g/mol. The SMILES string of the molecule is COc1ccc(NC(=O)CN2C(=O)S/C(=C/c3ccc(C)cc3)C2=O)cc1. The highest BCUT2D eigenvalue weighted by Crippen LogP contribution is 2.32. The molecule has 0 unspecified atom stereocenters. The number of anilines is 1. The van der Waals surface area contributed by atoms with Crippen molar-refractivity contribution in [3.63, 3.8) is 0 Å². The number of hydrogen-bond donors (Lipinski definition) is 1. The van der Waals surface area contributed by atoms with E-state index < -0.39 is 17.1 Å². The van der Waals surface area contributed by atoms with Gasteiger partial charge in [0.2, 0.25) is 5.91 Å². The molecular formula is C20H18N2O4S. The summed E-state index contributed by atoms with van der Waals surface area (Å²) in [6.07, 6.45) is 1.66. The van der Waals surface area contributed by atoms with Crippen molar-refractivity contribution < 1.29 is 19.1 Å². The molecular weight excluding hydrogens is 364 g/mol. The highest BCUT2D eigenvalue weighted by atomic mass is 32.2. The minimum Gasteiger partial charge on any atom is -0.497 e. The summed E-state index contributed by atoms with van der Waals surface area (Å²) in [5.41, 5.74) is 2.49. The number of methoxy groups -OCH3 is 1. The molecule has 0 atom stereocenters. The van der Waals surface area contributed by atoms with Crippen LogP contribution in [-0.2, 0) is 9.59 Å². The van der Waals surface area contributed by atoms with E-state index in [2.05, 4.69) is 5.32 Å². The van der Waals surface area contributed by atoms with Crippen molar-refractivity contribution in [3.05, 3.63) is 64.6 Å². The minimum absolute atomic E-state index is 0.307. The topological polar surface area (TPSA) is 75.7 Å². The van der Waals surface area contributed by atoms with Gasteiger partial charge in [-0.1, -0.05) is 29.8 Å². The maximum atomic E-state index is 12.5. The fourth-order valence-electron chi connectivity index (χ4n) is 2.47. The second-order valence-electron chi connectivity index (χ2n) is 5.96. The van der Waals surface area contributed by atoms with Crippen molar-refractivity contribution in [2.75, 3.05) is 19.0 Å². The van der Waals surface area contributed by atoms with E-state index in [4.69, 9.17) is 4.74 Å². The van der Waals surface area contributed by atoms with Crippen LogP contribution in [0.1, 0.15) is 11.1 Å². The molecule has 0 bridgehead atoms. The van der Waals surface area contributed by atoms with Gasteiger partial charge in [-0.25, -0.2) is 0 Å². The standard InChI is InChI=1S/C20H18N2O4S/c1-13-3-5-14(6-4-13)11-17-19(24)22(20(25)27-17)12-18(23)21-15-7-9-16(26-2)10-8-15/h3-11H,12H2,1-2H3,(H,21,23)/b17-11+. The molecule has 27 heavy (non-hydrogen) atoms. The summed E-state index contributed by atoms with van der Waals surface area (Å²) in [5, 5.41) is 2.21. The van der Waals surface area contributed by atoms with Crippen molar-refractivity contribution >= 4 is 40.6 Å². The Morgan fingerprint density at radius 1 is 1.11 bits per heavy atom. The van der Waals surface area contributed by atoms with Crippen molar-refractivity contribution in [2.45, 2.75) is 6.92 Å². The first kappa shape index (κ1) is 18.7. The van der Waals surface area contributed by atoms with Gasteiger partial charge < -0.3 is 10.1 Å². The van der Waals surface area contributed by atoms with Crippen molar-refractivity contribution in [2.24, 2.45) is 0 Å². The molecule has 0 spiro atoms. The zero-order chi connectivity index (χ0) is 19.4. The Labute approximate surface area is 161 Å². The Bertz CT molecular complexity index is 905. The summed E-state index contributed by atoms with van der Waals surface area (Å²) in [4.78, 5) is 38.1. The first-order valence-corrected chi connectivity index (χ1v) is 9.04. The maximum absolute atomic E-state index is 12.5. The van der Waals surface area contributed by atoms with E-state index in [0.29, 0.717) is 16.3 Å². The molecule has 7 heteroatoms. The minimum atomic E-state index is -0.463. The van der Waals surface area contributed by atoms with Crippen LogP contribution in [0.2, 0.25) is 0 Å². The van der Waals surface area contributed by atoms with E-state index in [9.17, 15) is 14.4 Å². The molecule has 0 aromatic heterocycles. The Hall–Kier alpha value is -3.06. The number of thioether (sulfide) groups is 1. The lowest BCUT2D eigenvalue weighted by Crippen LogP contribution is -2.36. The summed E-state index contributed by atoms with van der Waals surface area (Å²) in [5.74, 6) is -0.241. The lowest BCUT2D eigenvalue weighted by Gasteiger charge is -2.12. The van der Waals surface area contributed by atoms with Gasteiger partial charge in [-0.05, 0) is 54.6 Å². The summed E-state index contributed by atoms with van der Waals surface area (Å²) >= 11 is 0.836. The summed E-state index contributed by atoms with van der Waals surface area (Å²) < 4.78 is 5.06. The maximum Gasteiger partial charge on any atom is 0.294 e. The average Bonchev–Trinajstić information content (AvgIpc) is 2.91. The van der Waals surface area contributed by atoms with Crippen molar-refractivity contribution in [1.29, 1.82) is 0 Å². The van der Waals surface area contributed by atoms with E-state index in [-0.39, 0.29) is 6.54 Å². The summed E-state index contributed by atoms with van der Waals surface area (Å²) in [6, 6.07) is 14.4. The predicted octanol–water partition coefficient (Wildman–Crippen LogP) is 3.68. The summed E-state index contributed by atoms with van der Waals surface area (Å²) in [7, 11) is 1.55. The molecule has 0 saturated carbocycles. The number of carbonyl (C=O) groups is 3. The number of imide groups is 1. The number of nitrogens with one attached hydrogen (secondary N) is 1. The molecule has 0 radical (unpaired) electrons. The molecule has 138 valence electrons. The van der Waals surface area contributed by atoms with Gasteiger partial charge in [0.05, 0.1) is 12.0 Å². The molecule has 0 aliphatic carbocycles. The van der Waals surface area contributed by atoms with Crippen molar-refractivity contribution in [1.82, 2.24) is 4.90 Å². The molecule has 1 N–H and O–H groups in total. The van der Waals surface area contributed by atoms with Gasteiger partial charge in [-0.3, -0.25) is 19.3 Å². The molecule has 2 aromatic carbocycles. The number of aryl methyl sites for hydroxylation is 1. The van der Waals surface area contributed by atoms with E-state index in [1.54, 1.807) is 37.5 Å². The predicted molar refractivity (Wildman–Crippen MR) is 105 cm³/mol. The zero-order valence-electron chi connectivity index (χ0n) is 14.9. The highest BCUT2D eigenvalue weighted by molar-refractivity contribution is 8.18. The van der Waals surface area contributed by atoms with E-state index in [1.165, 1.54) is 0 Å². The van der Waals surface area contributed by atoms with Gasteiger partial charge in [-0.2, -0.15) is 0 Å². The number of nitrogens with zero attached hydrogens (tertiary/aromatic N) is 1. The quantitative estimate of drug-likeness (QED) is 0.799. The van der Waals surface area contributed by atoms with Crippen LogP contribution in [0.5, 0.6) is 5.75 Å². The van der Waals surface area contributed by atoms with E-state index >= 15 is 0 Å². The number of benzene rings is 2. The number of hydrogen-bond acceptors (Lipinski definition) is 5. The van der Waals surface area contributed by atoms with Crippen LogP contribution in [0.25, 0.3) is 6.08 Å². The second-order valence-corrected chi connectivity index (χ2v) is 6.95. The molecule has 1 aliphatic heterocycles.